The van der Waals surface area contributed by atoms with Crippen LogP contribution < -0.4 is 11.3 Å². The Labute approximate surface area is 159 Å². The molecule has 0 bridgehead atoms. The van der Waals surface area contributed by atoms with Gasteiger partial charge in [0.2, 0.25) is 0 Å². The lowest BCUT2D eigenvalue weighted by Crippen LogP contribution is -2.11. The Hall–Kier alpha value is -3.80. The molecule has 5 N–H and O–H groups in total. The maximum absolute atomic E-state index is 12.4. The number of carbonyl (C=O) groups excluding carboxylic acids is 1. The summed E-state index contributed by atoms with van der Waals surface area (Å²) in [6.07, 6.45) is 5.27. The van der Waals surface area contributed by atoms with Crippen molar-refractivity contribution in [2.75, 3.05) is 0 Å². The third-order valence-corrected chi connectivity index (χ3v) is 5.33. The first kappa shape index (κ1) is 16.4. The van der Waals surface area contributed by atoms with Crippen LogP contribution in [-0.4, -0.2) is 20.9 Å². The molecule has 1 amide bonds. The van der Waals surface area contributed by atoms with E-state index in [1.54, 1.807) is 0 Å². The van der Waals surface area contributed by atoms with Crippen LogP contribution in [0.3, 0.4) is 0 Å². The van der Waals surface area contributed by atoms with Gasteiger partial charge in [-0.15, -0.1) is 0 Å². The number of nitrogens with one attached hydrogen (secondary N) is 3. The standard InChI is InChI=1S/C22H18N4O2/c23-21(27)16-11-25-20-19(16)15-8-6-12(9-18(15)26-22(20)28)5-7-13-10-24-17-4-2-1-3-14(13)17/h1-4,6,8-11,24-25H,5,7H2,(H2,23,27)(H,26,28). The lowest BCUT2D eigenvalue weighted by molar-refractivity contribution is 0.100. The van der Waals surface area contributed by atoms with Crippen LogP contribution in [0.25, 0.3) is 32.7 Å². The Morgan fingerprint density at radius 3 is 2.64 bits per heavy atom. The van der Waals surface area contributed by atoms with Gasteiger partial charge in [0.1, 0.15) is 5.52 Å². The number of fused-ring (bicyclic) bond motifs is 4. The molecule has 0 unspecified atom stereocenters. The molecule has 0 fully saturated rings. The number of para-hydroxylation sites is 1. The van der Waals surface area contributed by atoms with Gasteiger partial charge in [0.15, 0.2) is 0 Å². The van der Waals surface area contributed by atoms with Crippen LogP contribution in [0.4, 0.5) is 0 Å². The van der Waals surface area contributed by atoms with Crippen molar-refractivity contribution in [3.63, 3.8) is 0 Å². The van der Waals surface area contributed by atoms with Crippen molar-refractivity contribution in [2.45, 2.75) is 12.8 Å². The highest BCUT2D eigenvalue weighted by Crippen LogP contribution is 2.26. The fourth-order valence-corrected chi connectivity index (χ4v) is 3.95. The number of aromatic nitrogens is 3. The highest BCUT2D eigenvalue weighted by Gasteiger charge is 2.15. The molecule has 0 aliphatic carbocycles. The van der Waals surface area contributed by atoms with Gasteiger partial charge in [-0.05, 0) is 36.1 Å². The summed E-state index contributed by atoms with van der Waals surface area (Å²) in [5, 5.41) is 2.62. The highest BCUT2D eigenvalue weighted by molar-refractivity contribution is 6.15. The normalized spacial score (nSPS) is 11.6. The lowest BCUT2D eigenvalue weighted by Gasteiger charge is -2.06. The third-order valence-electron chi connectivity index (χ3n) is 5.33. The molecule has 3 aromatic heterocycles. The zero-order chi connectivity index (χ0) is 19.3. The van der Waals surface area contributed by atoms with E-state index in [9.17, 15) is 9.59 Å². The molecular weight excluding hydrogens is 352 g/mol. The molecule has 0 spiro atoms. The van der Waals surface area contributed by atoms with E-state index >= 15 is 0 Å². The number of aryl methyl sites for hydroxylation is 2. The smallest absolute Gasteiger partial charge is 0.272 e. The number of benzene rings is 2. The van der Waals surface area contributed by atoms with Crippen molar-refractivity contribution >= 4 is 38.6 Å². The van der Waals surface area contributed by atoms with E-state index in [-0.39, 0.29) is 5.56 Å². The van der Waals surface area contributed by atoms with Gasteiger partial charge in [-0.25, -0.2) is 0 Å². The number of carbonyl (C=O) groups is 1. The van der Waals surface area contributed by atoms with E-state index in [0.29, 0.717) is 22.0 Å². The van der Waals surface area contributed by atoms with E-state index in [4.69, 9.17) is 5.73 Å². The Balaban J connectivity index is 1.54. The first-order valence-electron chi connectivity index (χ1n) is 9.12. The quantitative estimate of drug-likeness (QED) is 0.389. The zero-order valence-corrected chi connectivity index (χ0v) is 15.0. The van der Waals surface area contributed by atoms with Crippen LogP contribution in [0.1, 0.15) is 21.5 Å². The number of hydrogen-bond donors (Lipinski definition) is 4. The summed E-state index contributed by atoms with van der Waals surface area (Å²) in [6, 6.07) is 14.2. The fraction of sp³-hybridized carbons (Fsp3) is 0.0909. The van der Waals surface area contributed by atoms with E-state index in [0.717, 1.165) is 29.3 Å². The monoisotopic (exact) mass is 370 g/mol. The number of H-pyrrole nitrogens is 3. The summed E-state index contributed by atoms with van der Waals surface area (Å²) in [4.78, 5) is 33.2. The van der Waals surface area contributed by atoms with Gasteiger partial charge in [-0.1, -0.05) is 30.3 Å². The molecule has 0 atom stereocenters. The van der Waals surface area contributed by atoms with Crippen LogP contribution in [0.2, 0.25) is 0 Å². The SMILES string of the molecule is NC(=O)c1c[nH]c2c(=O)[nH]c3cc(CCc4c[nH]c5ccccc45)ccc3c12. The van der Waals surface area contributed by atoms with Crippen molar-refractivity contribution in [2.24, 2.45) is 5.73 Å². The van der Waals surface area contributed by atoms with Crippen LogP contribution in [0.15, 0.2) is 59.7 Å². The molecule has 0 saturated heterocycles. The lowest BCUT2D eigenvalue weighted by atomic mass is 10.0. The summed E-state index contributed by atoms with van der Waals surface area (Å²) in [6.45, 7) is 0. The summed E-state index contributed by atoms with van der Waals surface area (Å²) in [5.74, 6) is -0.554. The summed E-state index contributed by atoms with van der Waals surface area (Å²) in [5.41, 5.74) is 10.1. The molecule has 0 aliphatic rings. The number of amides is 1. The number of pyridine rings is 1. The van der Waals surface area contributed by atoms with Crippen molar-refractivity contribution in [3.05, 3.63) is 81.9 Å². The average molecular weight is 370 g/mol. The second-order valence-corrected chi connectivity index (χ2v) is 7.01. The number of aromatic amines is 3. The molecule has 2 aromatic carbocycles. The van der Waals surface area contributed by atoms with Crippen LogP contribution in [-0.2, 0) is 12.8 Å². The van der Waals surface area contributed by atoms with Gasteiger partial charge in [0.05, 0.1) is 5.56 Å². The van der Waals surface area contributed by atoms with Gasteiger partial charge in [-0.2, -0.15) is 0 Å². The summed E-state index contributed by atoms with van der Waals surface area (Å²) >= 11 is 0. The first-order chi connectivity index (χ1) is 13.6. The highest BCUT2D eigenvalue weighted by atomic mass is 16.1. The third kappa shape index (κ3) is 2.50. The van der Waals surface area contributed by atoms with Crippen molar-refractivity contribution in [1.82, 2.24) is 15.0 Å². The van der Waals surface area contributed by atoms with E-state index in [2.05, 4.69) is 33.3 Å². The minimum absolute atomic E-state index is 0.260. The summed E-state index contributed by atoms with van der Waals surface area (Å²) in [7, 11) is 0. The second kappa shape index (κ2) is 6.13. The average Bonchev–Trinajstić information content (AvgIpc) is 3.31. The number of primary amides is 1. The Morgan fingerprint density at radius 1 is 0.929 bits per heavy atom. The number of rotatable bonds is 4. The molecule has 5 rings (SSSR count). The molecule has 3 heterocycles. The molecule has 28 heavy (non-hydrogen) atoms. The molecule has 6 heteroatoms. The molecule has 6 nitrogen and oxygen atoms in total. The number of nitrogens with two attached hydrogens (primary N) is 1. The Kier molecular flexibility index (Phi) is 3.58. The minimum atomic E-state index is -0.554. The van der Waals surface area contributed by atoms with Gasteiger partial charge in [0.25, 0.3) is 11.5 Å². The van der Waals surface area contributed by atoms with E-state index in [1.165, 1.54) is 17.1 Å². The predicted octanol–water partition coefficient (Wildman–Crippen LogP) is 3.37. The van der Waals surface area contributed by atoms with E-state index < -0.39 is 5.91 Å². The van der Waals surface area contributed by atoms with Gasteiger partial charge < -0.3 is 20.7 Å². The maximum Gasteiger partial charge on any atom is 0.272 e. The molecule has 0 saturated carbocycles. The van der Waals surface area contributed by atoms with Gasteiger partial charge >= 0.3 is 0 Å². The largest absolute Gasteiger partial charge is 0.366 e. The van der Waals surface area contributed by atoms with Crippen LogP contribution in [0, 0.1) is 0 Å². The van der Waals surface area contributed by atoms with Crippen molar-refractivity contribution < 1.29 is 4.79 Å². The van der Waals surface area contributed by atoms with Gasteiger partial charge in [0, 0.05) is 39.6 Å². The predicted molar refractivity (Wildman–Crippen MR) is 111 cm³/mol. The van der Waals surface area contributed by atoms with Crippen molar-refractivity contribution in [3.8, 4) is 0 Å². The molecule has 138 valence electrons. The van der Waals surface area contributed by atoms with Crippen LogP contribution in [0.5, 0.6) is 0 Å². The van der Waals surface area contributed by atoms with Crippen LogP contribution >= 0.6 is 0 Å². The summed E-state index contributed by atoms with van der Waals surface area (Å²) < 4.78 is 0. The maximum atomic E-state index is 12.4. The minimum Gasteiger partial charge on any atom is -0.366 e. The fourth-order valence-electron chi connectivity index (χ4n) is 3.95. The number of hydrogen-bond acceptors (Lipinski definition) is 2. The second-order valence-electron chi connectivity index (χ2n) is 7.01. The molecule has 5 aromatic rings. The van der Waals surface area contributed by atoms with Gasteiger partial charge in [-0.3, -0.25) is 9.59 Å². The molecule has 0 aliphatic heterocycles. The van der Waals surface area contributed by atoms with E-state index in [1.807, 2.05) is 30.3 Å². The zero-order valence-electron chi connectivity index (χ0n) is 15.0. The Morgan fingerprint density at radius 2 is 1.79 bits per heavy atom. The molecular formula is C22H18N4O2. The molecule has 0 radical (unpaired) electrons. The first-order valence-corrected chi connectivity index (χ1v) is 9.12. The van der Waals surface area contributed by atoms with Crippen molar-refractivity contribution in [1.29, 1.82) is 0 Å². The Bertz CT molecular complexity index is 1420. The topological polar surface area (TPSA) is 108 Å².